The molecule has 1 aromatic carbocycles. The largest absolute Gasteiger partial charge is 0.302 e. The summed E-state index contributed by atoms with van der Waals surface area (Å²) in [6, 6.07) is 4.46. The average Bonchev–Trinajstić information content (AvgIpc) is 2.15. The first-order chi connectivity index (χ1) is 7.08. The lowest BCUT2D eigenvalue weighted by molar-refractivity contribution is 0.313. The lowest BCUT2D eigenvalue weighted by atomic mass is 9.93. The van der Waals surface area contributed by atoms with Crippen molar-refractivity contribution in [3.63, 3.8) is 0 Å². The Balaban J connectivity index is 2.42. The lowest BCUT2D eigenvalue weighted by Crippen LogP contribution is -2.26. The number of halogens is 1. The maximum absolute atomic E-state index is 6.29. The normalized spacial score (nSPS) is 16.9. The summed E-state index contributed by atoms with van der Waals surface area (Å²) in [7, 11) is 2.16. The number of rotatable bonds is 1. The molecule has 1 aliphatic rings. The van der Waals surface area contributed by atoms with Crippen molar-refractivity contribution in [1.82, 2.24) is 4.90 Å². The fourth-order valence-electron chi connectivity index (χ4n) is 2.18. The van der Waals surface area contributed by atoms with Crippen LogP contribution in [0.3, 0.4) is 0 Å². The Morgan fingerprint density at radius 1 is 1.27 bits per heavy atom. The molecule has 0 bridgehead atoms. The van der Waals surface area contributed by atoms with E-state index in [1.165, 1.54) is 16.7 Å². The average molecular weight is 224 g/mol. The molecule has 0 radical (unpaired) electrons. The quantitative estimate of drug-likeness (QED) is 0.705. The second-order valence-corrected chi connectivity index (χ2v) is 5.19. The number of benzene rings is 1. The van der Waals surface area contributed by atoms with Crippen molar-refractivity contribution >= 4 is 11.6 Å². The zero-order valence-corrected chi connectivity index (χ0v) is 10.4. The third-order valence-electron chi connectivity index (χ3n) is 3.14. The minimum absolute atomic E-state index is 0.516. The number of hydrogen-bond acceptors (Lipinski definition) is 1. The van der Waals surface area contributed by atoms with Gasteiger partial charge in [-0.3, -0.25) is 0 Å². The van der Waals surface area contributed by atoms with Gasteiger partial charge in [0.1, 0.15) is 0 Å². The first-order valence-electron chi connectivity index (χ1n) is 5.57. The minimum atomic E-state index is 0.516. The Labute approximate surface area is 97.0 Å². The van der Waals surface area contributed by atoms with E-state index in [2.05, 4.69) is 37.9 Å². The maximum atomic E-state index is 6.29. The van der Waals surface area contributed by atoms with Crippen LogP contribution in [0.15, 0.2) is 12.1 Å². The Hall–Kier alpha value is -0.530. The summed E-state index contributed by atoms with van der Waals surface area (Å²) >= 11 is 6.29. The van der Waals surface area contributed by atoms with Crippen LogP contribution in [0.5, 0.6) is 0 Å². The summed E-state index contributed by atoms with van der Waals surface area (Å²) in [5.74, 6) is 0.516. The van der Waals surface area contributed by atoms with Crippen LogP contribution in [0, 0.1) is 0 Å². The molecule has 2 heteroatoms. The molecule has 0 amide bonds. The van der Waals surface area contributed by atoms with Gasteiger partial charge in [0.05, 0.1) is 0 Å². The lowest BCUT2D eigenvalue weighted by Gasteiger charge is -2.26. The van der Waals surface area contributed by atoms with E-state index in [1.807, 2.05) is 0 Å². The van der Waals surface area contributed by atoms with Crippen molar-refractivity contribution in [2.75, 3.05) is 13.6 Å². The van der Waals surface area contributed by atoms with Gasteiger partial charge in [0, 0.05) is 18.1 Å². The van der Waals surface area contributed by atoms with Crippen molar-refractivity contribution < 1.29 is 0 Å². The van der Waals surface area contributed by atoms with E-state index in [0.29, 0.717) is 5.92 Å². The summed E-state index contributed by atoms with van der Waals surface area (Å²) in [4.78, 5) is 2.34. The van der Waals surface area contributed by atoms with Crippen LogP contribution < -0.4 is 0 Å². The van der Waals surface area contributed by atoms with E-state index in [9.17, 15) is 0 Å². The molecule has 2 rings (SSSR count). The van der Waals surface area contributed by atoms with Crippen molar-refractivity contribution in [2.24, 2.45) is 0 Å². The van der Waals surface area contributed by atoms with Crippen molar-refractivity contribution in [3.05, 3.63) is 33.8 Å². The predicted molar refractivity (Wildman–Crippen MR) is 65.6 cm³/mol. The highest BCUT2D eigenvalue weighted by atomic mass is 35.5. The third kappa shape index (κ3) is 2.19. The minimum Gasteiger partial charge on any atom is -0.302 e. The molecule has 1 aliphatic heterocycles. The van der Waals surface area contributed by atoms with E-state index < -0.39 is 0 Å². The third-order valence-corrected chi connectivity index (χ3v) is 3.47. The molecule has 0 N–H and O–H groups in total. The molecule has 0 aliphatic carbocycles. The molecule has 15 heavy (non-hydrogen) atoms. The standard InChI is InChI=1S/C13H18ClN/c1-9(2)12-6-10-4-5-15(3)8-11(10)7-13(12)14/h6-7,9H,4-5,8H2,1-3H3. The second kappa shape index (κ2) is 4.15. The molecule has 0 spiro atoms. The van der Waals surface area contributed by atoms with Crippen LogP contribution in [0.2, 0.25) is 5.02 Å². The highest BCUT2D eigenvalue weighted by Gasteiger charge is 2.16. The molecule has 82 valence electrons. The molecular weight excluding hydrogens is 206 g/mol. The molecule has 0 unspecified atom stereocenters. The zero-order chi connectivity index (χ0) is 11.0. The van der Waals surface area contributed by atoms with Gasteiger partial charge in [0.2, 0.25) is 0 Å². The van der Waals surface area contributed by atoms with Crippen molar-refractivity contribution in [1.29, 1.82) is 0 Å². The van der Waals surface area contributed by atoms with Crippen LogP contribution in [-0.2, 0) is 13.0 Å². The van der Waals surface area contributed by atoms with E-state index in [4.69, 9.17) is 11.6 Å². The molecular formula is C13H18ClN. The summed E-state index contributed by atoms with van der Waals surface area (Å²) in [6.07, 6.45) is 1.16. The van der Waals surface area contributed by atoms with Crippen molar-refractivity contribution in [2.45, 2.75) is 32.7 Å². The van der Waals surface area contributed by atoms with Crippen LogP contribution in [-0.4, -0.2) is 18.5 Å². The van der Waals surface area contributed by atoms with Gasteiger partial charge in [-0.2, -0.15) is 0 Å². The smallest absolute Gasteiger partial charge is 0.0444 e. The molecule has 0 fully saturated rings. The predicted octanol–water partition coefficient (Wildman–Crippen LogP) is 3.45. The molecule has 1 aromatic rings. The summed E-state index contributed by atoms with van der Waals surface area (Å²) in [5, 5.41) is 0.930. The highest BCUT2D eigenvalue weighted by molar-refractivity contribution is 6.31. The first-order valence-corrected chi connectivity index (χ1v) is 5.95. The van der Waals surface area contributed by atoms with Gasteiger partial charge in [-0.25, -0.2) is 0 Å². The molecule has 1 nitrogen and oxygen atoms in total. The zero-order valence-electron chi connectivity index (χ0n) is 9.68. The number of hydrogen-bond donors (Lipinski definition) is 0. The SMILES string of the molecule is CC(C)c1cc2c(cc1Cl)CN(C)CC2. The Kier molecular flexibility index (Phi) is 3.03. The van der Waals surface area contributed by atoms with Crippen LogP contribution >= 0.6 is 11.6 Å². The van der Waals surface area contributed by atoms with Crippen LogP contribution in [0.1, 0.15) is 36.5 Å². The highest BCUT2D eigenvalue weighted by Crippen LogP contribution is 2.30. The Morgan fingerprint density at radius 2 is 2.00 bits per heavy atom. The van der Waals surface area contributed by atoms with Gasteiger partial charge in [-0.05, 0) is 42.1 Å². The molecule has 1 heterocycles. The van der Waals surface area contributed by atoms with E-state index in [-0.39, 0.29) is 0 Å². The van der Waals surface area contributed by atoms with Crippen LogP contribution in [0.25, 0.3) is 0 Å². The van der Waals surface area contributed by atoms with Gasteiger partial charge in [-0.15, -0.1) is 0 Å². The molecule has 0 saturated heterocycles. The molecule has 0 atom stereocenters. The Morgan fingerprint density at radius 3 is 2.67 bits per heavy atom. The molecule has 0 saturated carbocycles. The first kappa shape index (κ1) is 11.0. The van der Waals surface area contributed by atoms with Gasteiger partial charge in [-0.1, -0.05) is 31.5 Å². The fraction of sp³-hybridized carbons (Fsp3) is 0.538. The van der Waals surface area contributed by atoms with Gasteiger partial charge in [0.25, 0.3) is 0 Å². The number of fused-ring (bicyclic) bond motifs is 1. The topological polar surface area (TPSA) is 3.24 Å². The van der Waals surface area contributed by atoms with Gasteiger partial charge < -0.3 is 4.90 Å². The number of likely N-dealkylation sites (N-methyl/N-ethyl adjacent to an activating group) is 1. The van der Waals surface area contributed by atoms with E-state index >= 15 is 0 Å². The van der Waals surface area contributed by atoms with Crippen LogP contribution in [0.4, 0.5) is 0 Å². The second-order valence-electron chi connectivity index (χ2n) is 4.78. The monoisotopic (exact) mass is 223 g/mol. The number of nitrogens with zero attached hydrogens (tertiary/aromatic N) is 1. The van der Waals surface area contributed by atoms with E-state index in [1.54, 1.807) is 0 Å². The van der Waals surface area contributed by atoms with E-state index in [0.717, 1.165) is 24.5 Å². The summed E-state index contributed by atoms with van der Waals surface area (Å²) in [6.45, 7) is 6.59. The summed E-state index contributed by atoms with van der Waals surface area (Å²) in [5.41, 5.74) is 4.18. The van der Waals surface area contributed by atoms with Crippen molar-refractivity contribution in [3.8, 4) is 0 Å². The summed E-state index contributed by atoms with van der Waals surface area (Å²) < 4.78 is 0. The molecule has 0 aromatic heterocycles. The maximum Gasteiger partial charge on any atom is 0.0444 e. The Bertz CT molecular complexity index is 371. The fourth-order valence-corrected chi connectivity index (χ4v) is 2.59. The van der Waals surface area contributed by atoms with Gasteiger partial charge in [0.15, 0.2) is 0 Å². The van der Waals surface area contributed by atoms with Gasteiger partial charge >= 0.3 is 0 Å².